The Morgan fingerprint density at radius 1 is 0.345 bits per heavy atom. The van der Waals surface area contributed by atoms with E-state index in [0.717, 1.165) is 0 Å². The summed E-state index contributed by atoms with van der Waals surface area (Å²) >= 11 is 0. The van der Waals surface area contributed by atoms with E-state index in [1.165, 1.54) is 36.4 Å². The van der Waals surface area contributed by atoms with Crippen LogP contribution in [0.1, 0.15) is 189 Å². The molecule has 0 spiro atoms. The number of carbonyl (C=O) groups is 3. The molecule has 55 heavy (non-hydrogen) atoms. The molecule has 0 aromatic heterocycles. The number of carboxylic acid groups (broad SMARTS) is 3. The van der Waals surface area contributed by atoms with Gasteiger partial charge in [-0.1, -0.05) is 143 Å². The summed E-state index contributed by atoms with van der Waals surface area (Å²) in [7, 11) is 0. The minimum atomic E-state index is -0.981. The molecule has 10 heteroatoms. The van der Waals surface area contributed by atoms with E-state index < -0.39 is 17.9 Å². The van der Waals surface area contributed by atoms with Gasteiger partial charge in [0.25, 0.3) is 0 Å². The molecule has 0 saturated heterocycles. The molecule has 0 radical (unpaired) electrons. The van der Waals surface area contributed by atoms with Crippen LogP contribution in [0.15, 0.2) is 36.4 Å². The van der Waals surface area contributed by atoms with Crippen molar-refractivity contribution in [3.8, 4) is 17.2 Å². The molecule has 0 unspecified atom stereocenters. The van der Waals surface area contributed by atoms with Gasteiger partial charge in [-0.05, 0) is 84.1 Å². The van der Waals surface area contributed by atoms with E-state index in [2.05, 4.69) is 0 Å². The van der Waals surface area contributed by atoms with Crippen molar-refractivity contribution >= 4 is 35.3 Å². The summed E-state index contributed by atoms with van der Waals surface area (Å²) in [5.41, 5.74) is 2.21. The van der Waals surface area contributed by atoms with Crippen LogP contribution in [-0.4, -0.2) is 50.6 Å². The van der Waals surface area contributed by atoms with Crippen LogP contribution < -0.4 is 15.3 Å². The largest absolute Gasteiger partial charge is 3.00 e. The fourth-order valence-corrected chi connectivity index (χ4v) is 6.86. The van der Waals surface area contributed by atoms with Crippen molar-refractivity contribution in [2.75, 3.05) is 0 Å². The summed E-state index contributed by atoms with van der Waals surface area (Å²) in [6.07, 6.45) is 0. The van der Waals surface area contributed by atoms with Gasteiger partial charge in [0.1, 0.15) is 0 Å². The molecule has 300 valence electrons. The van der Waals surface area contributed by atoms with Gasteiger partial charge in [-0.3, -0.25) is 0 Å². The van der Waals surface area contributed by atoms with Crippen molar-refractivity contribution < 1.29 is 45.0 Å². The minimum Gasteiger partial charge on any atom is -0.872 e. The van der Waals surface area contributed by atoms with Crippen LogP contribution >= 0.6 is 0 Å². The van der Waals surface area contributed by atoms with Gasteiger partial charge < -0.3 is 30.6 Å². The maximum atomic E-state index is 12.1. The van der Waals surface area contributed by atoms with Crippen LogP contribution in [0.2, 0.25) is 0 Å². The molecule has 0 bridgehead atoms. The van der Waals surface area contributed by atoms with Gasteiger partial charge in [-0.15, -0.1) is 17.2 Å². The molecule has 0 aliphatic rings. The summed E-state index contributed by atoms with van der Waals surface area (Å²) in [5, 5.41) is 64.3. The van der Waals surface area contributed by atoms with Crippen molar-refractivity contribution in [2.45, 2.75) is 157 Å². The average molecular weight is 775 g/mol. The molecule has 3 rings (SSSR count). The Kier molecular flexibility index (Phi) is 16.2. The first-order valence-corrected chi connectivity index (χ1v) is 18.1. The van der Waals surface area contributed by atoms with Crippen LogP contribution in [0.5, 0.6) is 17.2 Å². The van der Waals surface area contributed by atoms with Crippen LogP contribution in [0.25, 0.3) is 0 Å². The standard InChI is InChI=1S/3C15H22O3.Al/c3*1-14(2,3)11-9(13(17)18)7-8-10(16)12(11)15(4,5)6;/h3*7-8,16H,1-6H3,(H,17,18);/q;;;+3/p-3. The third-order valence-corrected chi connectivity index (χ3v) is 8.69. The second-order valence-corrected chi connectivity index (χ2v) is 20.0. The number of benzene rings is 3. The smallest absolute Gasteiger partial charge is 0.872 e. The Morgan fingerprint density at radius 2 is 0.491 bits per heavy atom. The number of hydrogen-bond donors (Lipinski definition) is 3. The Balaban J connectivity index is 0.000000788. The van der Waals surface area contributed by atoms with Crippen molar-refractivity contribution in [1.29, 1.82) is 0 Å². The topological polar surface area (TPSA) is 181 Å². The Labute approximate surface area is 340 Å². The predicted octanol–water partition coefficient (Wildman–Crippen LogP) is 8.78. The number of carboxylic acids is 3. The molecule has 0 atom stereocenters. The first kappa shape index (κ1) is 51.0. The van der Waals surface area contributed by atoms with Crippen LogP contribution in [0, 0.1) is 0 Å². The molecule has 3 N–H and O–H groups in total. The maximum absolute atomic E-state index is 12.1. The molecular weight excluding hydrogens is 711 g/mol. The molecule has 9 nitrogen and oxygen atoms in total. The van der Waals surface area contributed by atoms with Crippen LogP contribution in [0.4, 0.5) is 0 Å². The van der Waals surface area contributed by atoms with Crippen molar-refractivity contribution in [3.05, 3.63) is 86.5 Å². The van der Waals surface area contributed by atoms with E-state index in [-0.39, 0.29) is 83.8 Å². The van der Waals surface area contributed by atoms with Gasteiger partial charge in [0.2, 0.25) is 0 Å². The van der Waals surface area contributed by atoms with E-state index in [1.807, 2.05) is 125 Å². The average Bonchev–Trinajstić information content (AvgIpc) is 2.93. The quantitative estimate of drug-likeness (QED) is 0.219. The molecule has 0 fully saturated rings. The molecule has 0 aliphatic heterocycles. The SMILES string of the molecule is CC(C)(C)c1c([O-])ccc(C(=O)O)c1C(C)(C)C.CC(C)(C)c1c([O-])ccc(C(=O)O)c1C(C)(C)C.CC(C)(C)c1c([O-])ccc(C(=O)O)c1C(C)(C)C.[Al+3]. The zero-order valence-electron chi connectivity index (χ0n) is 36.3. The van der Waals surface area contributed by atoms with Crippen molar-refractivity contribution in [1.82, 2.24) is 0 Å². The van der Waals surface area contributed by atoms with Gasteiger partial charge in [0, 0.05) is 0 Å². The summed E-state index contributed by atoms with van der Waals surface area (Å²) in [6, 6.07) is 8.33. The van der Waals surface area contributed by atoms with Gasteiger partial charge in [0.05, 0.1) is 16.7 Å². The van der Waals surface area contributed by atoms with E-state index in [9.17, 15) is 45.0 Å². The Hall–Kier alpha value is -4.00. The van der Waals surface area contributed by atoms with Crippen LogP contribution in [-0.2, 0) is 32.5 Å². The minimum absolute atomic E-state index is 0. The van der Waals surface area contributed by atoms with E-state index in [1.54, 1.807) is 0 Å². The first-order chi connectivity index (χ1) is 23.9. The monoisotopic (exact) mass is 774 g/mol. The summed E-state index contributed by atoms with van der Waals surface area (Å²) in [4.78, 5) is 34.1. The van der Waals surface area contributed by atoms with Crippen molar-refractivity contribution in [2.24, 2.45) is 0 Å². The number of hydrogen-bond acceptors (Lipinski definition) is 6. The van der Waals surface area contributed by atoms with Crippen molar-refractivity contribution in [3.63, 3.8) is 0 Å². The van der Waals surface area contributed by atoms with E-state index in [4.69, 9.17) is 0 Å². The van der Waals surface area contributed by atoms with Gasteiger partial charge in [-0.2, -0.15) is 0 Å². The maximum Gasteiger partial charge on any atom is 3.00 e. The second-order valence-electron chi connectivity index (χ2n) is 20.0. The summed E-state index contributed by atoms with van der Waals surface area (Å²) < 4.78 is 0. The third kappa shape index (κ3) is 12.8. The van der Waals surface area contributed by atoms with Crippen LogP contribution in [0.3, 0.4) is 0 Å². The zero-order valence-corrected chi connectivity index (χ0v) is 37.5. The molecule has 3 aromatic rings. The normalized spacial score (nSPS) is 12.3. The summed E-state index contributed by atoms with van der Waals surface area (Å²) in [6.45, 7) is 34.8. The fourth-order valence-electron chi connectivity index (χ4n) is 6.86. The Morgan fingerprint density at radius 3 is 0.600 bits per heavy atom. The van der Waals surface area contributed by atoms with Gasteiger partial charge in [-0.25, -0.2) is 14.4 Å². The second kappa shape index (κ2) is 17.4. The molecule has 3 aromatic carbocycles. The first-order valence-electron chi connectivity index (χ1n) is 18.1. The zero-order chi connectivity index (χ0) is 42.9. The Bertz CT molecular complexity index is 1650. The van der Waals surface area contributed by atoms with E-state index >= 15 is 0 Å². The molecule has 0 saturated carbocycles. The molecule has 0 aliphatic carbocycles. The molecular formula is C45H63AlO9. The third-order valence-electron chi connectivity index (χ3n) is 8.69. The molecule has 0 heterocycles. The number of rotatable bonds is 3. The number of aromatic carboxylic acids is 3. The van der Waals surface area contributed by atoms with E-state index in [0.29, 0.717) is 33.4 Å². The fraction of sp³-hybridized carbons (Fsp3) is 0.533. The summed E-state index contributed by atoms with van der Waals surface area (Å²) in [5.74, 6) is -3.20. The molecule has 0 amide bonds. The predicted molar refractivity (Wildman–Crippen MR) is 216 cm³/mol. The van der Waals surface area contributed by atoms with Gasteiger partial charge >= 0.3 is 35.3 Å². The van der Waals surface area contributed by atoms with Gasteiger partial charge in [0.15, 0.2) is 0 Å².